The maximum atomic E-state index is 11.9. The van der Waals surface area contributed by atoms with E-state index < -0.39 is 9.73 Å². The van der Waals surface area contributed by atoms with Gasteiger partial charge in [0.2, 0.25) is 0 Å². The van der Waals surface area contributed by atoms with Crippen LogP contribution < -0.4 is 5.73 Å². The lowest BCUT2D eigenvalue weighted by atomic mass is 10.3. The van der Waals surface area contributed by atoms with E-state index in [9.17, 15) is 4.21 Å². The molecule has 7 heteroatoms. The quantitative estimate of drug-likeness (QED) is 0.345. The van der Waals surface area contributed by atoms with Crippen LogP contribution in [0.2, 0.25) is 0 Å². The molecule has 1 rings (SSSR count). The van der Waals surface area contributed by atoms with E-state index in [0.717, 1.165) is 11.3 Å². The summed E-state index contributed by atoms with van der Waals surface area (Å²) < 4.78 is 15.6. The molecule has 0 aliphatic carbocycles. The largest absolute Gasteiger partial charge is 0.408 e. The lowest BCUT2D eigenvalue weighted by Crippen LogP contribution is -2.13. The minimum absolute atomic E-state index is 0.219. The first-order chi connectivity index (χ1) is 7.43. The SMILES string of the molecule is Cc1ccc(CS(C)(=O)=N/C(N)=N/O)cn1. The van der Waals surface area contributed by atoms with Crippen molar-refractivity contribution in [2.24, 2.45) is 15.3 Å². The Labute approximate surface area is 94.4 Å². The highest BCUT2D eigenvalue weighted by Crippen LogP contribution is 2.06. The number of hydrogen-bond acceptors (Lipinski definition) is 4. The summed E-state index contributed by atoms with van der Waals surface area (Å²) >= 11 is 0. The van der Waals surface area contributed by atoms with Crippen molar-refractivity contribution in [3.8, 4) is 0 Å². The Balaban J connectivity index is 2.93. The molecule has 3 N–H and O–H groups in total. The van der Waals surface area contributed by atoms with E-state index in [0.29, 0.717) is 0 Å². The second-order valence-corrected chi connectivity index (χ2v) is 5.85. The van der Waals surface area contributed by atoms with Crippen molar-refractivity contribution in [3.05, 3.63) is 29.6 Å². The molecule has 0 spiro atoms. The van der Waals surface area contributed by atoms with Crippen LogP contribution in [0.3, 0.4) is 0 Å². The molecule has 0 fully saturated rings. The number of rotatable bonds is 2. The summed E-state index contributed by atoms with van der Waals surface area (Å²) in [5.41, 5.74) is 6.86. The summed E-state index contributed by atoms with van der Waals surface area (Å²) in [4.78, 5) is 4.08. The highest BCUT2D eigenvalue weighted by atomic mass is 32.2. The van der Waals surface area contributed by atoms with Crippen LogP contribution in [0.25, 0.3) is 0 Å². The van der Waals surface area contributed by atoms with Gasteiger partial charge in [0.25, 0.3) is 5.96 Å². The first kappa shape index (κ1) is 12.4. The van der Waals surface area contributed by atoms with Gasteiger partial charge in [-0.1, -0.05) is 6.07 Å². The van der Waals surface area contributed by atoms with Gasteiger partial charge in [0.1, 0.15) is 0 Å². The molecule has 0 bridgehead atoms. The van der Waals surface area contributed by atoms with Crippen LogP contribution in [-0.4, -0.2) is 26.6 Å². The van der Waals surface area contributed by atoms with Gasteiger partial charge in [0, 0.05) is 18.1 Å². The monoisotopic (exact) mass is 242 g/mol. The molecule has 0 radical (unpaired) electrons. The zero-order valence-corrected chi connectivity index (χ0v) is 9.94. The molecule has 0 saturated heterocycles. The smallest absolute Gasteiger partial charge is 0.265 e. The first-order valence-corrected chi connectivity index (χ1v) is 6.61. The van der Waals surface area contributed by atoms with Crippen LogP contribution in [0.15, 0.2) is 27.8 Å². The molecule has 0 aliphatic rings. The van der Waals surface area contributed by atoms with Gasteiger partial charge < -0.3 is 10.9 Å². The summed E-state index contributed by atoms with van der Waals surface area (Å²) in [5.74, 6) is -0.163. The Morgan fingerprint density at radius 2 is 2.31 bits per heavy atom. The molecule has 1 aromatic heterocycles. The Morgan fingerprint density at radius 1 is 1.62 bits per heavy atom. The van der Waals surface area contributed by atoms with Gasteiger partial charge in [0.05, 0.1) is 15.5 Å². The van der Waals surface area contributed by atoms with Crippen LogP contribution in [0, 0.1) is 6.92 Å². The van der Waals surface area contributed by atoms with E-state index in [-0.39, 0.29) is 11.7 Å². The average molecular weight is 242 g/mol. The van der Waals surface area contributed by atoms with Crippen molar-refractivity contribution >= 4 is 15.7 Å². The minimum Gasteiger partial charge on any atom is -0.408 e. The van der Waals surface area contributed by atoms with Crippen LogP contribution >= 0.6 is 0 Å². The zero-order chi connectivity index (χ0) is 12.2. The summed E-state index contributed by atoms with van der Waals surface area (Å²) in [6.45, 7) is 1.87. The molecule has 0 saturated carbocycles. The number of aryl methyl sites for hydroxylation is 1. The van der Waals surface area contributed by atoms with E-state index >= 15 is 0 Å². The van der Waals surface area contributed by atoms with Crippen molar-refractivity contribution in [2.75, 3.05) is 6.26 Å². The average Bonchev–Trinajstić information content (AvgIpc) is 2.20. The third-order valence-corrected chi connectivity index (χ3v) is 3.24. The Hall–Kier alpha value is -1.63. The van der Waals surface area contributed by atoms with Gasteiger partial charge in [-0.05, 0) is 23.7 Å². The molecule has 1 atom stereocenters. The highest BCUT2D eigenvalue weighted by Gasteiger charge is 2.05. The van der Waals surface area contributed by atoms with Gasteiger partial charge in [-0.3, -0.25) is 4.98 Å². The number of nitrogens with zero attached hydrogens (tertiary/aromatic N) is 3. The standard InChI is InChI=1S/C9H14N4O2S/c1-7-3-4-8(5-11-7)6-16(2,15)13-9(10)12-14/h3-5,14H,6H2,1-2H3,(H2,10,12). The van der Waals surface area contributed by atoms with Crippen LogP contribution in [-0.2, 0) is 15.5 Å². The number of pyridine rings is 1. The van der Waals surface area contributed by atoms with E-state index in [1.807, 2.05) is 19.1 Å². The van der Waals surface area contributed by atoms with Crippen molar-refractivity contribution < 1.29 is 9.42 Å². The van der Waals surface area contributed by atoms with E-state index in [1.54, 1.807) is 6.20 Å². The number of nitrogens with two attached hydrogens (primary N) is 1. The van der Waals surface area contributed by atoms with Crippen LogP contribution in [0.4, 0.5) is 0 Å². The highest BCUT2D eigenvalue weighted by molar-refractivity contribution is 7.92. The minimum atomic E-state index is -2.54. The predicted molar refractivity (Wildman–Crippen MR) is 62.6 cm³/mol. The molecule has 1 unspecified atom stereocenters. The molecular formula is C9H14N4O2S. The van der Waals surface area contributed by atoms with Crippen molar-refractivity contribution in [2.45, 2.75) is 12.7 Å². The van der Waals surface area contributed by atoms with Gasteiger partial charge in [-0.25, -0.2) is 4.21 Å². The number of aromatic nitrogens is 1. The lowest BCUT2D eigenvalue weighted by Gasteiger charge is -2.03. The molecule has 0 aromatic carbocycles. The van der Waals surface area contributed by atoms with Gasteiger partial charge in [0.15, 0.2) is 0 Å². The summed E-state index contributed by atoms with van der Waals surface area (Å²) in [5, 5.41) is 11.0. The molecular weight excluding hydrogens is 228 g/mol. The predicted octanol–water partition coefficient (Wildman–Crippen LogP) is 0.692. The van der Waals surface area contributed by atoms with Crippen LogP contribution in [0.1, 0.15) is 11.3 Å². The summed E-state index contributed by atoms with van der Waals surface area (Å²) in [7, 11) is -2.54. The zero-order valence-electron chi connectivity index (χ0n) is 9.12. The topological polar surface area (TPSA) is 101 Å². The normalized spacial score (nSPS) is 15.5. The van der Waals surface area contributed by atoms with Crippen molar-refractivity contribution in [3.63, 3.8) is 0 Å². The van der Waals surface area contributed by atoms with Gasteiger partial charge >= 0.3 is 0 Å². The Morgan fingerprint density at radius 3 is 2.81 bits per heavy atom. The van der Waals surface area contributed by atoms with E-state index in [1.165, 1.54) is 6.26 Å². The number of oxime groups is 1. The Bertz CT molecular complexity index is 501. The third-order valence-electron chi connectivity index (χ3n) is 1.80. The van der Waals surface area contributed by atoms with Crippen molar-refractivity contribution in [1.82, 2.24) is 4.98 Å². The molecule has 1 heterocycles. The fourth-order valence-corrected chi connectivity index (χ4v) is 2.43. The molecule has 1 aromatic rings. The lowest BCUT2D eigenvalue weighted by molar-refractivity contribution is 0.317. The maximum Gasteiger partial charge on any atom is 0.265 e. The molecule has 88 valence electrons. The molecule has 16 heavy (non-hydrogen) atoms. The summed E-state index contributed by atoms with van der Waals surface area (Å²) in [6.07, 6.45) is 3.09. The van der Waals surface area contributed by atoms with Crippen LogP contribution in [0.5, 0.6) is 0 Å². The van der Waals surface area contributed by atoms with Gasteiger partial charge in [-0.2, -0.15) is 4.36 Å². The summed E-state index contributed by atoms with van der Waals surface area (Å²) in [6, 6.07) is 3.65. The Kier molecular flexibility index (Phi) is 3.83. The molecule has 0 amide bonds. The maximum absolute atomic E-state index is 11.9. The second kappa shape index (κ2) is 4.93. The van der Waals surface area contributed by atoms with E-state index in [2.05, 4.69) is 14.5 Å². The first-order valence-electron chi connectivity index (χ1n) is 4.52. The van der Waals surface area contributed by atoms with Crippen molar-refractivity contribution in [1.29, 1.82) is 0 Å². The molecule has 0 aliphatic heterocycles. The fraction of sp³-hybridized carbons (Fsp3) is 0.333. The molecule has 6 nitrogen and oxygen atoms in total. The second-order valence-electron chi connectivity index (χ2n) is 3.46. The van der Waals surface area contributed by atoms with E-state index in [4.69, 9.17) is 10.9 Å². The van der Waals surface area contributed by atoms with Gasteiger partial charge in [-0.15, -0.1) is 0 Å². The third kappa shape index (κ3) is 3.85. The number of hydrogen-bond donors (Lipinski definition) is 2. The number of guanidine groups is 1. The fourth-order valence-electron chi connectivity index (χ4n) is 1.14.